The first-order chi connectivity index (χ1) is 13.3. The largest absolute Gasteiger partial charge is 0.497 e. The minimum absolute atomic E-state index is 0.0843. The molecule has 0 amide bonds. The van der Waals surface area contributed by atoms with Gasteiger partial charge in [0, 0.05) is 48.1 Å². The quantitative estimate of drug-likeness (QED) is 0.499. The van der Waals surface area contributed by atoms with Gasteiger partial charge >= 0.3 is 5.91 Å². The van der Waals surface area contributed by atoms with Crippen molar-refractivity contribution in [2.75, 3.05) is 44.1 Å². The SMILES string of the molecule is COc1ccc2c(c1)S(CN1CCNCC1)=C1c3ccccc3C3(OO3)N12. The maximum atomic E-state index is 5.60. The molecule has 2 fully saturated rings. The van der Waals surface area contributed by atoms with Crippen molar-refractivity contribution in [1.82, 2.24) is 10.2 Å². The molecule has 1 N–H and O–H groups in total. The van der Waals surface area contributed by atoms with Crippen LogP contribution in [0.5, 0.6) is 5.75 Å². The molecule has 6 nitrogen and oxygen atoms in total. The lowest BCUT2D eigenvalue weighted by molar-refractivity contribution is 0.0850. The number of hydrogen-bond acceptors (Lipinski definition) is 6. The van der Waals surface area contributed by atoms with E-state index in [2.05, 4.69) is 51.5 Å². The molecular formula is C20H21N3O3S. The van der Waals surface area contributed by atoms with Gasteiger partial charge in [0.25, 0.3) is 0 Å². The number of piperazine rings is 1. The number of anilines is 1. The minimum atomic E-state index is -0.777. The van der Waals surface area contributed by atoms with E-state index in [0.29, 0.717) is 0 Å². The van der Waals surface area contributed by atoms with Crippen molar-refractivity contribution >= 4 is 21.2 Å². The molecule has 1 spiro atoms. The zero-order valence-electron chi connectivity index (χ0n) is 15.1. The van der Waals surface area contributed by atoms with Crippen LogP contribution in [-0.2, 0) is 15.7 Å². The van der Waals surface area contributed by atoms with E-state index < -0.39 is 5.91 Å². The molecule has 0 radical (unpaired) electrons. The average Bonchev–Trinajstić information content (AvgIpc) is 3.39. The van der Waals surface area contributed by atoms with Crippen LogP contribution in [0.1, 0.15) is 11.1 Å². The predicted octanol–water partition coefficient (Wildman–Crippen LogP) is 2.27. The molecule has 0 bridgehead atoms. The summed E-state index contributed by atoms with van der Waals surface area (Å²) in [6.07, 6.45) is 0. The van der Waals surface area contributed by atoms with Crippen LogP contribution in [0.25, 0.3) is 0 Å². The third-order valence-corrected chi connectivity index (χ3v) is 8.02. The third-order valence-electron chi connectivity index (χ3n) is 5.66. The van der Waals surface area contributed by atoms with Gasteiger partial charge in [-0.2, -0.15) is 9.78 Å². The summed E-state index contributed by atoms with van der Waals surface area (Å²) < 4.78 is 5.53. The van der Waals surface area contributed by atoms with Crippen LogP contribution in [0.15, 0.2) is 47.4 Å². The van der Waals surface area contributed by atoms with Gasteiger partial charge in [0.15, 0.2) is 0 Å². The van der Waals surface area contributed by atoms with Gasteiger partial charge in [0.2, 0.25) is 0 Å². The van der Waals surface area contributed by atoms with Crippen molar-refractivity contribution in [3.63, 3.8) is 0 Å². The Hall–Kier alpha value is -1.90. The van der Waals surface area contributed by atoms with E-state index in [1.54, 1.807) is 7.11 Å². The Morgan fingerprint density at radius 3 is 2.74 bits per heavy atom. The Bertz CT molecular complexity index is 967. The zero-order valence-corrected chi connectivity index (χ0v) is 15.9. The van der Waals surface area contributed by atoms with E-state index in [1.807, 2.05) is 6.07 Å². The van der Waals surface area contributed by atoms with Crippen LogP contribution < -0.4 is 15.0 Å². The van der Waals surface area contributed by atoms with Gasteiger partial charge in [0.1, 0.15) is 5.75 Å². The number of rotatable bonds is 3. The molecule has 0 saturated carbocycles. The first-order valence-electron chi connectivity index (χ1n) is 9.28. The maximum Gasteiger partial charge on any atom is 0.342 e. The Balaban J connectivity index is 1.55. The van der Waals surface area contributed by atoms with Gasteiger partial charge in [-0.25, -0.2) is 0 Å². The summed E-state index contributed by atoms with van der Waals surface area (Å²) in [4.78, 5) is 18.7. The fraction of sp³-hybridized carbons (Fsp3) is 0.350. The second-order valence-electron chi connectivity index (χ2n) is 7.16. The molecule has 27 heavy (non-hydrogen) atoms. The Morgan fingerprint density at radius 2 is 1.96 bits per heavy atom. The molecule has 4 aliphatic heterocycles. The lowest BCUT2D eigenvalue weighted by Gasteiger charge is -2.28. The monoisotopic (exact) mass is 383 g/mol. The van der Waals surface area contributed by atoms with Crippen molar-refractivity contribution in [3.8, 4) is 5.75 Å². The lowest BCUT2D eigenvalue weighted by Crippen LogP contribution is -2.43. The molecule has 2 aromatic rings. The van der Waals surface area contributed by atoms with Crippen LogP contribution >= 0.6 is 10.5 Å². The maximum absolute atomic E-state index is 5.60. The van der Waals surface area contributed by atoms with Crippen LogP contribution in [0.3, 0.4) is 0 Å². The molecule has 0 aromatic heterocycles. The van der Waals surface area contributed by atoms with Crippen LogP contribution in [0, 0.1) is 0 Å². The number of hydrogen-bond donors (Lipinski definition) is 1. The van der Waals surface area contributed by atoms with Gasteiger partial charge < -0.3 is 10.1 Å². The summed E-state index contributed by atoms with van der Waals surface area (Å²) in [5.41, 5.74) is 3.51. The molecular weight excluding hydrogens is 362 g/mol. The first-order valence-corrected chi connectivity index (χ1v) is 10.7. The second kappa shape index (κ2) is 5.80. The van der Waals surface area contributed by atoms with E-state index in [4.69, 9.17) is 14.5 Å². The highest BCUT2D eigenvalue weighted by Crippen LogP contribution is 2.61. The molecule has 0 aliphatic carbocycles. The fourth-order valence-corrected chi connectivity index (χ4v) is 6.94. The van der Waals surface area contributed by atoms with E-state index >= 15 is 0 Å². The molecule has 1 atom stereocenters. The summed E-state index contributed by atoms with van der Waals surface area (Å²) in [6.45, 7) is 4.26. The van der Waals surface area contributed by atoms with E-state index in [9.17, 15) is 0 Å². The molecule has 4 heterocycles. The highest BCUT2D eigenvalue weighted by atomic mass is 32.2. The molecule has 140 valence electrons. The molecule has 7 heteroatoms. The summed E-state index contributed by atoms with van der Waals surface area (Å²) in [5, 5.41) is 3.45. The highest BCUT2D eigenvalue weighted by molar-refractivity contribution is 8.16. The van der Waals surface area contributed by atoms with Crippen molar-refractivity contribution in [2.24, 2.45) is 0 Å². The number of benzene rings is 2. The molecule has 2 saturated heterocycles. The average molecular weight is 383 g/mol. The van der Waals surface area contributed by atoms with Crippen molar-refractivity contribution in [2.45, 2.75) is 10.8 Å². The zero-order chi connectivity index (χ0) is 18.0. The molecule has 2 aromatic carbocycles. The van der Waals surface area contributed by atoms with Gasteiger partial charge in [-0.1, -0.05) is 24.3 Å². The van der Waals surface area contributed by atoms with Crippen molar-refractivity contribution in [1.29, 1.82) is 0 Å². The Kier molecular flexibility index (Phi) is 3.45. The molecule has 1 unspecified atom stereocenters. The lowest BCUT2D eigenvalue weighted by atomic mass is 10.1. The normalized spacial score (nSPS) is 24.7. The second-order valence-corrected chi connectivity index (χ2v) is 9.02. The Labute approximate surface area is 160 Å². The van der Waals surface area contributed by atoms with Gasteiger partial charge in [0.05, 0.1) is 17.8 Å². The summed E-state index contributed by atoms with van der Waals surface area (Å²) in [5.74, 6) is 1.13. The summed E-state index contributed by atoms with van der Waals surface area (Å²) >= 11 is 0. The van der Waals surface area contributed by atoms with Crippen LogP contribution in [0.4, 0.5) is 5.69 Å². The number of ether oxygens (including phenoxy) is 1. The summed E-state index contributed by atoms with van der Waals surface area (Å²) in [6, 6.07) is 14.8. The molecule has 4 aliphatic rings. The van der Waals surface area contributed by atoms with Gasteiger partial charge in [-0.3, -0.25) is 9.80 Å². The third kappa shape index (κ3) is 2.20. The van der Waals surface area contributed by atoms with Crippen LogP contribution in [0.2, 0.25) is 0 Å². The summed E-state index contributed by atoms with van der Waals surface area (Å²) in [7, 11) is 1.64. The first kappa shape index (κ1) is 16.1. The fourth-order valence-electron chi connectivity index (χ4n) is 4.30. The number of fused-ring (bicyclic) bond motifs is 7. The standard InChI is InChI=1S/C20H21N3O3S/c1-24-14-6-7-17-18(12-14)27(13-22-10-8-21-9-11-22)19-15-4-2-3-5-16(15)20(23(17)19)25-26-20/h2-7,12,21H,8-11,13H2,1H3. The van der Waals surface area contributed by atoms with E-state index in [0.717, 1.165) is 49.1 Å². The number of nitrogens with one attached hydrogen (secondary N) is 1. The van der Waals surface area contributed by atoms with Crippen LogP contribution in [-0.4, -0.2) is 49.1 Å². The van der Waals surface area contributed by atoms with Crippen molar-refractivity contribution in [3.05, 3.63) is 53.6 Å². The number of methoxy groups -OCH3 is 1. The van der Waals surface area contributed by atoms with Gasteiger partial charge in [-0.05, 0) is 18.2 Å². The van der Waals surface area contributed by atoms with E-state index in [1.165, 1.54) is 15.4 Å². The highest BCUT2D eigenvalue weighted by Gasteiger charge is 2.65. The predicted molar refractivity (Wildman–Crippen MR) is 105 cm³/mol. The minimum Gasteiger partial charge on any atom is -0.497 e. The van der Waals surface area contributed by atoms with Gasteiger partial charge in [-0.15, -0.1) is 10.5 Å². The number of nitrogens with zero attached hydrogens (tertiary/aromatic N) is 2. The van der Waals surface area contributed by atoms with Crippen molar-refractivity contribution < 1.29 is 14.5 Å². The smallest absolute Gasteiger partial charge is 0.342 e. The Morgan fingerprint density at radius 1 is 1.15 bits per heavy atom. The van der Waals surface area contributed by atoms with E-state index in [-0.39, 0.29) is 10.5 Å². The topological polar surface area (TPSA) is 52.8 Å². The molecule has 6 rings (SSSR count).